The number of ether oxygens (including phenoxy) is 1. The lowest BCUT2D eigenvalue weighted by molar-refractivity contribution is -0.147. The fraction of sp³-hybridized carbons (Fsp3) is 0.917. The minimum absolute atomic E-state index is 0.0492. The summed E-state index contributed by atoms with van der Waals surface area (Å²) in [4.78, 5) is 13.8. The lowest BCUT2D eigenvalue weighted by Gasteiger charge is -2.26. The third kappa shape index (κ3) is 6.29. The van der Waals surface area contributed by atoms with Gasteiger partial charge in [-0.2, -0.15) is 11.8 Å². The van der Waals surface area contributed by atoms with E-state index in [0.717, 1.165) is 13.1 Å². The number of hydrogen-bond acceptors (Lipinski definition) is 5. The summed E-state index contributed by atoms with van der Waals surface area (Å²) in [5.41, 5.74) is 0. The van der Waals surface area contributed by atoms with Crippen LogP contribution in [-0.2, 0) is 9.53 Å². The number of hydrogen-bond donors (Lipinski definition) is 1. The van der Waals surface area contributed by atoms with E-state index in [1.54, 1.807) is 0 Å². The predicted octanol–water partition coefficient (Wildman–Crippen LogP) is 0.824. The molecule has 1 rings (SSSR count). The van der Waals surface area contributed by atoms with E-state index in [4.69, 9.17) is 4.74 Å². The number of nitrogens with zero attached hydrogens (tertiary/aromatic N) is 1. The first-order valence-electron chi connectivity index (χ1n) is 6.41. The van der Waals surface area contributed by atoms with E-state index in [1.165, 1.54) is 24.6 Å². The average Bonchev–Trinajstić information content (AvgIpc) is 2.36. The molecule has 0 aromatic rings. The smallest absolute Gasteiger partial charge is 0.309 e. The number of rotatable bonds is 7. The van der Waals surface area contributed by atoms with Gasteiger partial charge in [-0.15, -0.1) is 0 Å². The molecule has 1 fully saturated rings. The Morgan fingerprint density at radius 2 is 2.18 bits per heavy atom. The number of nitrogens with one attached hydrogen (secondary N) is 1. The molecule has 1 aliphatic heterocycles. The molecule has 1 atom stereocenters. The first kappa shape index (κ1) is 14.8. The summed E-state index contributed by atoms with van der Waals surface area (Å²) in [7, 11) is 0. The van der Waals surface area contributed by atoms with Crippen LogP contribution in [0.1, 0.15) is 13.8 Å². The van der Waals surface area contributed by atoms with E-state index in [0.29, 0.717) is 13.2 Å². The van der Waals surface area contributed by atoms with Gasteiger partial charge in [0.05, 0.1) is 12.5 Å². The molecule has 17 heavy (non-hydrogen) atoms. The lowest BCUT2D eigenvalue weighted by atomic mass is 10.2. The zero-order chi connectivity index (χ0) is 12.5. The van der Waals surface area contributed by atoms with Crippen molar-refractivity contribution in [1.82, 2.24) is 10.2 Å². The Kier molecular flexibility index (Phi) is 7.64. The molecule has 5 heteroatoms. The Morgan fingerprint density at radius 3 is 2.82 bits per heavy atom. The Bertz CT molecular complexity index is 221. The molecule has 1 saturated heterocycles. The molecule has 0 amide bonds. The molecular formula is C12H24N2O2S. The van der Waals surface area contributed by atoms with Crippen LogP contribution in [-0.4, -0.2) is 61.7 Å². The Morgan fingerprint density at radius 1 is 1.47 bits per heavy atom. The second-order valence-corrected chi connectivity index (χ2v) is 5.54. The maximum Gasteiger partial charge on any atom is 0.309 e. The van der Waals surface area contributed by atoms with Crippen molar-refractivity contribution >= 4 is 17.7 Å². The van der Waals surface area contributed by atoms with Gasteiger partial charge >= 0.3 is 5.97 Å². The Labute approximate surface area is 108 Å². The van der Waals surface area contributed by atoms with Crippen LogP contribution in [0, 0.1) is 5.92 Å². The van der Waals surface area contributed by atoms with Crippen LogP contribution < -0.4 is 5.32 Å². The minimum atomic E-state index is -0.102. The normalized spacial score (nSPS) is 18.9. The van der Waals surface area contributed by atoms with Gasteiger partial charge in [-0.25, -0.2) is 0 Å². The van der Waals surface area contributed by atoms with Crippen molar-refractivity contribution in [3.05, 3.63) is 0 Å². The molecule has 0 aliphatic carbocycles. The highest BCUT2D eigenvalue weighted by Crippen LogP contribution is 2.07. The number of esters is 1. The van der Waals surface area contributed by atoms with Crippen LogP contribution in [0.4, 0.5) is 0 Å². The second kappa shape index (κ2) is 8.78. The fourth-order valence-corrected chi connectivity index (χ4v) is 2.73. The molecule has 0 bridgehead atoms. The second-order valence-electron chi connectivity index (χ2n) is 4.31. The molecule has 0 aromatic carbocycles. The minimum Gasteiger partial charge on any atom is -0.466 e. The molecule has 4 nitrogen and oxygen atoms in total. The Hall–Kier alpha value is -0.260. The van der Waals surface area contributed by atoms with E-state index in [-0.39, 0.29) is 11.9 Å². The van der Waals surface area contributed by atoms with Crippen molar-refractivity contribution in [2.45, 2.75) is 13.8 Å². The molecule has 1 N–H and O–H groups in total. The summed E-state index contributed by atoms with van der Waals surface area (Å²) in [5.74, 6) is 2.35. The standard InChI is InChI=1S/C12H24N2O2S/c1-3-16-12(15)11(2)10-13-4-5-14-6-8-17-9-7-14/h11,13H,3-10H2,1-2H3. The van der Waals surface area contributed by atoms with Gasteiger partial charge in [-0.1, -0.05) is 6.92 Å². The highest BCUT2D eigenvalue weighted by molar-refractivity contribution is 7.99. The molecule has 0 saturated carbocycles. The third-order valence-corrected chi connectivity index (χ3v) is 3.79. The maximum atomic E-state index is 11.4. The van der Waals surface area contributed by atoms with Crippen molar-refractivity contribution in [3.8, 4) is 0 Å². The topological polar surface area (TPSA) is 41.6 Å². The summed E-state index contributed by atoms with van der Waals surface area (Å²) in [6.07, 6.45) is 0. The SMILES string of the molecule is CCOC(=O)C(C)CNCCN1CCSCC1. The number of carbonyl (C=O) groups excluding carboxylic acids is 1. The summed E-state index contributed by atoms with van der Waals surface area (Å²) in [6, 6.07) is 0. The quantitative estimate of drug-likeness (QED) is 0.542. The zero-order valence-electron chi connectivity index (χ0n) is 10.9. The van der Waals surface area contributed by atoms with Crippen molar-refractivity contribution in [2.24, 2.45) is 5.92 Å². The van der Waals surface area contributed by atoms with Gasteiger partial charge in [0.2, 0.25) is 0 Å². The molecule has 1 unspecified atom stereocenters. The third-order valence-electron chi connectivity index (χ3n) is 2.85. The molecule has 100 valence electrons. The summed E-state index contributed by atoms with van der Waals surface area (Å²) < 4.78 is 4.96. The lowest BCUT2D eigenvalue weighted by Crippen LogP contribution is -2.39. The molecule has 0 aromatic heterocycles. The van der Waals surface area contributed by atoms with E-state index < -0.39 is 0 Å². The number of thioether (sulfide) groups is 1. The van der Waals surface area contributed by atoms with E-state index in [1.807, 2.05) is 25.6 Å². The van der Waals surface area contributed by atoms with Crippen LogP contribution in [0.5, 0.6) is 0 Å². The van der Waals surface area contributed by atoms with Crippen LogP contribution in [0.15, 0.2) is 0 Å². The maximum absolute atomic E-state index is 11.4. The predicted molar refractivity (Wildman–Crippen MR) is 72.4 cm³/mol. The van der Waals surface area contributed by atoms with Crippen LogP contribution in [0.25, 0.3) is 0 Å². The van der Waals surface area contributed by atoms with E-state index in [9.17, 15) is 4.79 Å². The van der Waals surface area contributed by atoms with Crippen molar-refractivity contribution in [3.63, 3.8) is 0 Å². The van der Waals surface area contributed by atoms with Crippen molar-refractivity contribution in [2.75, 3.05) is 50.8 Å². The molecule has 1 aliphatic rings. The summed E-state index contributed by atoms with van der Waals surface area (Å²) in [5, 5.41) is 3.32. The fourth-order valence-electron chi connectivity index (χ4n) is 1.75. The average molecular weight is 260 g/mol. The van der Waals surface area contributed by atoms with Gasteiger partial charge in [-0.05, 0) is 6.92 Å². The Balaban J connectivity index is 2.00. The van der Waals surface area contributed by atoms with Crippen molar-refractivity contribution < 1.29 is 9.53 Å². The highest BCUT2D eigenvalue weighted by Gasteiger charge is 2.13. The summed E-state index contributed by atoms with van der Waals surface area (Å²) in [6.45, 7) is 9.34. The van der Waals surface area contributed by atoms with Crippen LogP contribution in [0.3, 0.4) is 0 Å². The molecule has 0 radical (unpaired) electrons. The van der Waals surface area contributed by atoms with Gasteiger partial charge in [0.15, 0.2) is 0 Å². The largest absolute Gasteiger partial charge is 0.466 e. The van der Waals surface area contributed by atoms with Crippen LogP contribution >= 0.6 is 11.8 Å². The molecular weight excluding hydrogens is 236 g/mol. The van der Waals surface area contributed by atoms with Gasteiger partial charge in [0.1, 0.15) is 0 Å². The highest BCUT2D eigenvalue weighted by atomic mass is 32.2. The molecule has 1 heterocycles. The van der Waals surface area contributed by atoms with E-state index in [2.05, 4.69) is 10.2 Å². The monoisotopic (exact) mass is 260 g/mol. The van der Waals surface area contributed by atoms with Gasteiger partial charge in [0, 0.05) is 44.2 Å². The van der Waals surface area contributed by atoms with Crippen LogP contribution in [0.2, 0.25) is 0 Å². The van der Waals surface area contributed by atoms with Gasteiger partial charge in [-0.3, -0.25) is 4.79 Å². The summed E-state index contributed by atoms with van der Waals surface area (Å²) >= 11 is 2.03. The number of carbonyl (C=O) groups is 1. The first-order chi connectivity index (χ1) is 8.24. The zero-order valence-corrected chi connectivity index (χ0v) is 11.7. The van der Waals surface area contributed by atoms with Gasteiger partial charge in [0.25, 0.3) is 0 Å². The van der Waals surface area contributed by atoms with Gasteiger partial charge < -0.3 is 15.0 Å². The van der Waals surface area contributed by atoms with Crippen molar-refractivity contribution in [1.29, 1.82) is 0 Å². The molecule has 0 spiro atoms. The van der Waals surface area contributed by atoms with E-state index >= 15 is 0 Å². The first-order valence-corrected chi connectivity index (χ1v) is 7.57.